The number of hydrogen-bond donors (Lipinski definition) is 1. The number of fused-ring (bicyclic) bond motifs is 1. The maximum atomic E-state index is 11.4. The predicted molar refractivity (Wildman–Crippen MR) is 58.9 cm³/mol. The summed E-state index contributed by atoms with van der Waals surface area (Å²) in [6, 6.07) is 4.57. The highest BCUT2D eigenvalue weighted by molar-refractivity contribution is 5.93. The molecule has 0 spiro atoms. The van der Waals surface area contributed by atoms with Gasteiger partial charge < -0.3 is 14.3 Å². The number of oxazole rings is 1. The Morgan fingerprint density at radius 1 is 1.53 bits per heavy atom. The molecule has 1 aromatic carbocycles. The molecule has 1 aromatic heterocycles. The lowest BCUT2D eigenvalue weighted by atomic mass is 10.2. The average Bonchev–Trinajstić information content (AvgIpc) is 2.64. The van der Waals surface area contributed by atoms with Crippen LogP contribution in [0.15, 0.2) is 27.4 Å². The van der Waals surface area contributed by atoms with E-state index < -0.39 is 11.7 Å². The van der Waals surface area contributed by atoms with Gasteiger partial charge in [0.1, 0.15) is 0 Å². The van der Waals surface area contributed by atoms with Gasteiger partial charge in [0.25, 0.3) is 0 Å². The molecule has 0 amide bonds. The van der Waals surface area contributed by atoms with E-state index in [1.807, 2.05) is 0 Å². The minimum absolute atomic E-state index is 0.156. The first-order valence-corrected chi connectivity index (χ1v) is 5.00. The number of carbonyl (C=O) groups excluding carboxylic acids is 1. The van der Waals surface area contributed by atoms with Crippen LogP contribution in [0.1, 0.15) is 10.4 Å². The second kappa shape index (κ2) is 4.42. The first-order chi connectivity index (χ1) is 8.17. The van der Waals surface area contributed by atoms with Crippen molar-refractivity contribution >= 4 is 17.1 Å². The standard InChI is InChI=1S/C11H11NO5/c1-16-10(14)7-2-3-8-9(6-7)17-11(15)12(8)4-5-13/h2-3,6,13H,4-5H2,1H3. The number of nitrogens with zero attached hydrogens (tertiary/aromatic N) is 1. The molecule has 6 heteroatoms. The van der Waals surface area contributed by atoms with Crippen LogP contribution < -0.4 is 5.76 Å². The molecule has 0 aliphatic carbocycles. The highest BCUT2D eigenvalue weighted by Crippen LogP contribution is 2.15. The molecule has 1 N–H and O–H groups in total. The number of methoxy groups -OCH3 is 1. The van der Waals surface area contributed by atoms with Crippen LogP contribution in [0, 0.1) is 0 Å². The van der Waals surface area contributed by atoms with Crippen LogP contribution in [0.2, 0.25) is 0 Å². The van der Waals surface area contributed by atoms with E-state index in [2.05, 4.69) is 4.74 Å². The van der Waals surface area contributed by atoms with E-state index >= 15 is 0 Å². The molecule has 90 valence electrons. The minimum atomic E-state index is -0.559. The quantitative estimate of drug-likeness (QED) is 0.780. The van der Waals surface area contributed by atoms with Crippen LogP contribution in [0.5, 0.6) is 0 Å². The van der Waals surface area contributed by atoms with Crippen LogP contribution in [-0.4, -0.2) is 29.4 Å². The second-order valence-electron chi connectivity index (χ2n) is 3.42. The van der Waals surface area contributed by atoms with Gasteiger partial charge in [0.15, 0.2) is 5.58 Å². The number of ether oxygens (including phenoxy) is 1. The molecule has 0 atom stereocenters. The number of aliphatic hydroxyl groups excluding tert-OH is 1. The Balaban J connectivity index is 2.57. The molecule has 0 saturated carbocycles. The molecule has 1 heterocycles. The summed E-state index contributed by atoms with van der Waals surface area (Å²) < 4.78 is 10.8. The summed E-state index contributed by atoms with van der Waals surface area (Å²) in [6.07, 6.45) is 0. The van der Waals surface area contributed by atoms with Crippen molar-refractivity contribution in [2.24, 2.45) is 0 Å². The van der Waals surface area contributed by atoms with Gasteiger partial charge in [0, 0.05) is 0 Å². The van der Waals surface area contributed by atoms with Gasteiger partial charge in [-0.3, -0.25) is 4.57 Å². The summed E-state index contributed by atoms with van der Waals surface area (Å²) >= 11 is 0. The minimum Gasteiger partial charge on any atom is -0.465 e. The number of esters is 1. The van der Waals surface area contributed by atoms with Gasteiger partial charge in [-0.15, -0.1) is 0 Å². The van der Waals surface area contributed by atoms with Crippen LogP contribution in [0.4, 0.5) is 0 Å². The topological polar surface area (TPSA) is 81.7 Å². The first-order valence-electron chi connectivity index (χ1n) is 5.00. The lowest BCUT2D eigenvalue weighted by molar-refractivity contribution is 0.0601. The van der Waals surface area contributed by atoms with E-state index in [-0.39, 0.29) is 13.2 Å². The molecule has 0 bridgehead atoms. The Labute approximate surface area is 96.0 Å². The summed E-state index contributed by atoms with van der Waals surface area (Å²) in [5.41, 5.74) is 1.15. The maximum absolute atomic E-state index is 11.4. The molecule has 6 nitrogen and oxygen atoms in total. The number of aliphatic hydroxyl groups is 1. The van der Waals surface area contributed by atoms with Gasteiger partial charge >= 0.3 is 11.7 Å². The molecule has 0 radical (unpaired) electrons. The van der Waals surface area contributed by atoms with Gasteiger partial charge in [-0.05, 0) is 18.2 Å². The van der Waals surface area contributed by atoms with Crippen molar-refractivity contribution in [3.63, 3.8) is 0 Å². The fourth-order valence-electron chi connectivity index (χ4n) is 1.62. The van der Waals surface area contributed by atoms with Crippen LogP contribution in [0.3, 0.4) is 0 Å². The third-order valence-electron chi connectivity index (χ3n) is 2.41. The van der Waals surface area contributed by atoms with E-state index in [1.54, 1.807) is 6.07 Å². The Bertz CT molecular complexity index is 610. The second-order valence-corrected chi connectivity index (χ2v) is 3.42. The third-order valence-corrected chi connectivity index (χ3v) is 2.41. The molecular formula is C11H11NO5. The molecule has 0 aliphatic rings. The van der Waals surface area contributed by atoms with Crippen LogP contribution >= 0.6 is 0 Å². The number of hydrogen-bond acceptors (Lipinski definition) is 5. The predicted octanol–water partition coefficient (Wildman–Crippen LogP) is 0.373. The monoisotopic (exact) mass is 237 g/mol. The highest BCUT2D eigenvalue weighted by Gasteiger charge is 2.12. The Morgan fingerprint density at radius 2 is 2.29 bits per heavy atom. The summed E-state index contributed by atoms with van der Waals surface area (Å²) in [5, 5.41) is 8.83. The zero-order valence-corrected chi connectivity index (χ0v) is 9.17. The summed E-state index contributed by atoms with van der Waals surface area (Å²) in [7, 11) is 1.28. The summed E-state index contributed by atoms with van der Waals surface area (Å²) in [6.45, 7) is -0.00328. The SMILES string of the molecule is COC(=O)c1ccc2c(c1)oc(=O)n2CCO. The van der Waals surface area contributed by atoms with Gasteiger partial charge in [-0.25, -0.2) is 9.59 Å². The van der Waals surface area contributed by atoms with Gasteiger partial charge in [-0.2, -0.15) is 0 Å². The zero-order chi connectivity index (χ0) is 12.4. The number of carbonyl (C=O) groups is 1. The highest BCUT2D eigenvalue weighted by atomic mass is 16.5. The number of benzene rings is 1. The molecule has 17 heavy (non-hydrogen) atoms. The maximum Gasteiger partial charge on any atom is 0.420 e. The zero-order valence-electron chi connectivity index (χ0n) is 9.17. The molecule has 0 fully saturated rings. The van der Waals surface area contributed by atoms with Gasteiger partial charge in [0.05, 0.1) is 31.3 Å². The van der Waals surface area contributed by atoms with E-state index in [9.17, 15) is 9.59 Å². The van der Waals surface area contributed by atoms with Crippen molar-refractivity contribution < 1.29 is 19.1 Å². The first kappa shape index (κ1) is 11.4. The van der Waals surface area contributed by atoms with Crippen molar-refractivity contribution in [3.8, 4) is 0 Å². The van der Waals surface area contributed by atoms with Crippen molar-refractivity contribution in [3.05, 3.63) is 34.3 Å². The lowest BCUT2D eigenvalue weighted by Crippen LogP contribution is -2.16. The molecular weight excluding hydrogens is 226 g/mol. The van der Waals surface area contributed by atoms with Gasteiger partial charge in [-0.1, -0.05) is 0 Å². The van der Waals surface area contributed by atoms with Crippen molar-refractivity contribution in [1.82, 2.24) is 4.57 Å². The molecule has 0 saturated heterocycles. The van der Waals surface area contributed by atoms with Crippen LogP contribution in [-0.2, 0) is 11.3 Å². The largest absolute Gasteiger partial charge is 0.465 e. The van der Waals surface area contributed by atoms with Crippen LogP contribution in [0.25, 0.3) is 11.1 Å². The van der Waals surface area contributed by atoms with E-state index in [0.29, 0.717) is 16.7 Å². The Kier molecular flexibility index (Phi) is 2.97. The number of rotatable bonds is 3. The fraction of sp³-hybridized carbons (Fsp3) is 0.273. The lowest BCUT2D eigenvalue weighted by Gasteiger charge is -2.00. The van der Waals surface area contributed by atoms with Crippen molar-refractivity contribution in [2.75, 3.05) is 13.7 Å². The Hall–Kier alpha value is -2.08. The van der Waals surface area contributed by atoms with E-state index in [0.717, 1.165) is 0 Å². The number of aromatic nitrogens is 1. The molecule has 0 unspecified atom stereocenters. The third kappa shape index (κ3) is 1.94. The fourth-order valence-corrected chi connectivity index (χ4v) is 1.62. The van der Waals surface area contributed by atoms with E-state index in [4.69, 9.17) is 9.52 Å². The van der Waals surface area contributed by atoms with E-state index in [1.165, 1.54) is 23.8 Å². The normalized spacial score (nSPS) is 10.7. The summed E-state index contributed by atoms with van der Waals surface area (Å²) in [5.74, 6) is -1.06. The molecule has 0 aliphatic heterocycles. The Morgan fingerprint density at radius 3 is 2.94 bits per heavy atom. The molecule has 2 rings (SSSR count). The van der Waals surface area contributed by atoms with Crippen molar-refractivity contribution in [2.45, 2.75) is 6.54 Å². The smallest absolute Gasteiger partial charge is 0.420 e. The average molecular weight is 237 g/mol. The van der Waals surface area contributed by atoms with Crippen molar-refractivity contribution in [1.29, 1.82) is 0 Å². The summed E-state index contributed by atoms with van der Waals surface area (Å²) in [4.78, 5) is 22.7. The van der Waals surface area contributed by atoms with Gasteiger partial charge in [0.2, 0.25) is 0 Å². The molecule has 2 aromatic rings.